The lowest BCUT2D eigenvalue weighted by Crippen LogP contribution is -2.22. The highest BCUT2D eigenvalue weighted by molar-refractivity contribution is 4.97. The molecule has 0 spiro atoms. The van der Waals surface area contributed by atoms with Gasteiger partial charge in [0.15, 0.2) is 0 Å². The average Bonchev–Trinajstić information content (AvgIpc) is 2.15. The Labute approximate surface area is 89.2 Å². The van der Waals surface area contributed by atoms with Crippen molar-refractivity contribution >= 4 is 0 Å². The Kier molecular flexibility index (Phi) is 6.32. The zero-order valence-electron chi connectivity index (χ0n) is 10.1. The third-order valence-electron chi connectivity index (χ3n) is 2.85. The van der Waals surface area contributed by atoms with Gasteiger partial charge in [0, 0.05) is 12.0 Å². The van der Waals surface area contributed by atoms with Crippen LogP contribution in [-0.2, 0) is 0 Å². The van der Waals surface area contributed by atoms with E-state index in [1.807, 2.05) is 0 Å². The van der Waals surface area contributed by atoms with Crippen LogP contribution in [0.1, 0.15) is 27.2 Å². The minimum atomic E-state index is 0.370. The summed E-state index contributed by atoms with van der Waals surface area (Å²) >= 11 is 0. The normalized spacial score (nSPS) is 18.1. The van der Waals surface area contributed by atoms with Crippen LogP contribution in [0.2, 0.25) is 0 Å². The molecule has 0 aromatic rings. The molecule has 0 aromatic heterocycles. The van der Waals surface area contributed by atoms with Gasteiger partial charge in [0.1, 0.15) is 0 Å². The van der Waals surface area contributed by atoms with E-state index in [0.717, 1.165) is 6.42 Å². The fourth-order valence-corrected chi connectivity index (χ4v) is 1.03. The molecule has 0 aromatic carbocycles. The molecule has 0 amide bonds. The fraction of sp³-hybridized carbons (Fsp3) is 0.692. The van der Waals surface area contributed by atoms with Crippen molar-refractivity contribution in [2.24, 2.45) is 11.8 Å². The zero-order valence-corrected chi connectivity index (χ0v) is 10.1. The number of likely N-dealkylation sites (N-methyl/N-ethyl adjacent to an activating group) is 1. The second-order valence-electron chi connectivity index (χ2n) is 4.30. The fourth-order valence-electron chi connectivity index (χ4n) is 1.03. The summed E-state index contributed by atoms with van der Waals surface area (Å²) in [4.78, 5) is 2.19. The minimum absolute atomic E-state index is 0.370. The third-order valence-corrected chi connectivity index (χ3v) is 2.85. The molecule has 0 heterocycles. The third kappa shape index (κ3) is 5.09. The summed E-state index contributed by atoms with van der Waals surface area (Å²) in [6, 6.07) is 0.503. The molecule has 0 saturated heterocycles. The summed E-state index contributed by atoms with van der Waals surface area (Å²) in [7, 11) is 4.17. The van der Waals surface area contributed by atoms with Gasteiger partial charge in [-0.15, -0.1) is 12.3 Å². The Morgan fingerprint density at radius 3 is 2.29 bits per heavy atom. The van der Waals surface area contributed by atoms with Crippen LogP contribution in [0.25, 0.3) is 0 Å². The largest absolute Gasteiger partial charge is 0.303 e. The number of rotatable bonds is 5. The van der Waals surface area contributed by atoms with Crippen molar-refractivity contribution < 1.29 is 0 Å². The molecule has 0 saturated carbocycles. The monoisotopic (exact) mass is 193 g/mol. The highest BCUT2D eigenvalue weighted by atomic mass is 15.1. The first-order valence-electron chi connectivity index (χ1n) is 5.28. The second kappa shape index (κ2) is 6.68. The summed E-state index contributed by atoms with van der Waals surface area (Å²) in [6.07, 6.45) is 10.9. The maximum atomic E-state index is 5.37. The van der Waals surface area contributed by atoms with E-state index in [2.05, 4.69) is 57.8 Å². The van der Waals surface area contributed by atoms with Crippen LogP contribution in [0.4, 0.5) is 0 Å². The van der Waals surface area contributed by atoms with Gasteiger partial charge in [-0.05, 0) is 33.4 Å². The van der Waals surface area contributed by atoms with Gasteiger partial charge in [0.2, 0.25) is 0 Å². The average molecular weight is 193 g/mol. The van der Waals surface area contributed by atoms with Gasteiger partial charge < -0.3 is 4.90 Å². The molecule has 0 N–H and O–H groups in total. The summed E-state index contributed by atoms with van der Waals surface area (Å²) in [6.45, 7) is 6.49. The van der Waals surface area contributed by atoms with Gasteiger partial charge in [-0.2, -0.15) is 0 Å². The standard InChI is InChI=1S/C13H23N/c1-7-11(2)12(3)9-8-10-13(4)14(5)6/h1,8,10-13H,9H2,2-6H3/b10-8+/t11?,12-,13?/m1/s1. The molecule has 0 fully saturated rings. The Morgan fingerprint density at radius 1 is 1.29 bits per heavy atom. The topological polar surface area (TPSA) is 3.24 Å². The van der Waals surface area contributed by atoms with Crippen molar-refractivity contribution in [3.8, 4) is 12.3 Å². The van der Waals surface area contributed by atoms with E-state index < -0.39 is 0 Å². The predicted octanol–water partition coefficient (Wildman–Crippen LogP) is 2.79. The molecule has 1 nitrogen and oxygen atoms in total. The molecule has 80 valence electrons. The van der Waals surface area contributed by atoms with E-state index in [0.29, 0.717) is 17.9 Å². The van der Waals surface area contributed by atoms with Crippen molar-refractivity contribution in [1.29, 1.82) is 0 Å². The molecule has 2 unspecified atom stereocenters. The van der Waals surface area contributed by atoms with Crippen LogP contribution < -0.4 is 0 Å². The summed E-state index contributed by atoms with van der Waals surface area (Å²) in [5.41, 5.74) is 0. The van der Waals surface area contributed by atoms with Crippen LogP contribution in [-0.4, -0.2) is 25.0 Å². The van der Waals surface area contributed by atoms with Gasteiger partial charge in [0.25, 0.3) is 0 Å². The number of allylic oxidation sites excluding steroid dienone is 1. The maximum Gasteiger partial charge on any atom is 0.0243 e. The van der Waals surface area contributed by atoms with Crippen molar-refractivity contribution in [2.75, 3.05) is 14.1 Å². The van der Waals surface area contributed by atoms with Gasteiger partial charge >= 0.3 is 0 Å². The molecule has 3 atom stereocenters. The number of hydrogen-bond acceptors (Lipinski definition) is 1. The van der Waals surface area contributed by atoms with Crippen molar-refractivity contribution in [3.05, 3.63) is 12.2 Å². The molecule has 1 heteroatoms. The Hall–Kier alpha value is -0.740. The Balaban J connectivity index is 3.88. The van der Waals surface area contributed by atoms with E-state index in [4.69, 9.17) is 6.42 Å². The molecule has 14 heavy (non-hydrogen) atoms. The number of nitrogens with zero attached hydrogens (tertiary/aromatic N) is 1. The lowest BCUT2D eigenvalue weighted by Gasteiger charge is -2.16. The van der Waals surface area contributed by atoms with Crippen molar-refractivity contribution in [1.82, 2.24) is 4.90 Å². The molecular formula is C13H23N. The molecule has 0 aliphatic heterocycles. The molecule has 0 bridgehead atoms. The molecular weight excluding hydrogens is 170 g/mol. The van der Waals surface area contributed by atoms with Gasteiger partial charge in [0.05, 0.1) is 0 Å². The van der Waals surface area contributed by atoms with Crippen molar-refractivity contribution in [3.63, 3.8) is 0 Å². The van der Waals surface area contributed by atoms with E-state index in [9.17, 15) is 0 Å². The first kappa shape index (κ1) is 13.3. The second-order valence-corrected chi connectivity index (χ2v) is 4.30. The maximum absolute atomic E-state index is 5.37. The highest BCUT2D eigenvalue weighted by Crippen LogP contribution is 2.14. The first-order valence-corrected chi connectivity index (χ1v) is 5.28. The molecule has 0 aliphatic rings. The lowest BCUT2D eigenvalue weighted by molar-refractivity contribution is 0.362. The Bertz CT molecular complexity index is 210. The van der Waals surface area contributed by atoms with Gasteiger partial charge in [-0.3, -0.25) is 0 Å². The van der Waals surface area contributed by atoms with Crippen LogP contribution >= 0.6 is 0 Å². The smallest absolute Gasteiger partial charge is 0.0243 e. The summed E-state index contributed by atoms with van der Waals surface area (Å²) < 4.78 is 0. The van der Waals surface area contributed by atoms with Gasteiger partial charge in [-0.1, -0.05) is 26.0 Å². The van der Waals surface area contributed by atoms with Crippen LogP contribution in [0.3, 0.4) is 0 Å². The van der Waals surface area contributed by atoms with Gasteiger partial charge in [-0.25, -0.2) is 0 Å². The number of hydrogen-bond donors (Lipinski definition) is 0. The van der Waals surface area contributed by atoms with E-state index >= 15 is 0 Å². The quantitative estimate of drug-likeness (QED) is 0.479. The van der Waals surface area contributed by atoms with E-state index in [1.165, 1.54) is 0 Å². The van der Waals surface area contributed by atoms with Crippen molar-refractivity contribution in [2.45, 2.75) is 33.2 Å². The minimum Gasteiger partial charge on any atom is -0.303 e. The first-order chi connectivity index (χ1) is 6.49. The van der Waals surface area contributed by atoms with Crippen LogP contribution in [0.15, 0.2) is 12.2 Å². The summed E-state index contributed by atoms with van der Waals surface area (Å²) in [5.74, 6) is 3.73. The lowest BCUT2D eigenvalue weighted by atomic mass is 9.93. The zero-order chi connectivity index (χ0) is 11.1. The van der Waals surface area contributed by atoms with Crippen LogP contribution in [0.5, 0.6) is 0 Å². The highest BCUT2D eigenvalue weighted by Gasteiger charge is 2.07. The van der Waals surface area contributed by atoms with Crippen LogP contribution in [0, 0.1) is 24.2 Å². The van der Waals surface area contributed by atoms with E-state index in [-0.39, 0.29) is 0 Å². The molecule has 0 rings (SSSR count). The Morgan fingerprint density at radius 2 is 1.86 bits per heavy atom. The summed E-state index contributed by atoms with van der Waals surface area (Å²) in [5, 5.41) is 0. The van der Waals surface area contributed by atoms with E-state index in [1.54, 1.807) is 0 Å². The molecule has 0 aliphatic carbocycles. The molecule has 0 radical (unpaired) electrons. The predicted molar refractivity (Wildman–Crippen MR) is 64.1 cm³/mol. The SMILES string of the molecule is C#CC(C)[C@H](C)C/C=C/C(C)N(C)C. The number of terminal acetylenes is 1.